The molecule has 0 spiro atoms. The highest BCUT2D eigenvalue weighted by Crippen LogP contribution is 2.22. The van der Waals surface area contributed by atoms with E-state index in [4.69, 9.17) is 5.73 Å². The van der Waals surface area contributed by atoms with E-state index in [0.717, 1.165) is 24.6 Å². The third-order valence-corrected chi connectivity index (χ3v) is 2.74. The first-order chi connectivity index (χ1) is 9.24. The molecule has 0 radical (unpaired) electrons. The quantitative estimate of drug-likeness (QED) is 0.739. The molecule has 0 aromatic carbocycles. The largest absolute Gasteiger partial charge is 0.370 e. The highest BCUT2D eigenvalue weighted by atomic mass is 16.1. The zero-order chi connectivity index (χ0) is 15.3. The summed E-state index contributed by atoms with van der Waals surface area (Å²) in [6.07, 6.45) is 1.01. The Morgan fingerprint density at radius 2 is 1.95 bits per heavy atom. The number of hydrogen-bond donors (Lipinski definition) is 3. The van der Waals surface area contributed by atoms with Crippen molar-refractivity contribution in [2.24, 2.45) is 5.73 Å². The van der Waals surface area contributed by atoms with Crippen LogP contribution in [0.2, 0.25) is 0 Å². The summed E-state index contributed by atoms with van der Waals surface area (Å²) in [6, 6.07) is 1.32. The highest BCUT2D eigenvalue weighted by Gasteiger charge is 2.20. The predicted octanol–water partition coefficient (Wildman–Crippen LogP) is 1.88. The summed E-state index contributed by atoms with van der Waals surface area (Å²) in [5.74, 6) is 1.67. The fraction of sp³-hybridized carbons (Fsp3) is 0.643. The van der Waals surface area contributed by atoms with E-state index in [2.05, 4.69) is 27.5 Å². The van der Waals surface area contributed by atoms with Gasteiger partial charge in [-0.2, -0.15) is 0 Å². The fourth-order valence-corrected chi connectivity index (χ4v) is 1.49. The van der Waals surface area contributed by atoms with Gasteiger partial charge in [0, 0.05) is 18.0 Å². The fourth-order valence-electron chi connectivity index (χ4n) is 1.49. The summed E-state index contributed by atoms with van der Waals surface area (Å²) < 4.78 is 0. The number of nitrogens with two attached hydrogens (primary N) is 1. The molecule has 1 atom stereocenters. The Labute approximate surface area is 120 Å². The number of nitrogens with one attached hydrogen (secondary N) is 2. The number of rotatable bonds is 6. The first kappa shape index (κ1) is 16.2. The summed E-state index contributed by atoms with van der Waals surface area (Å²) >= 11 is 0. The molecule has 6 heteroatoms. The molecule has 1 amide bonds. The number of nitrogens with zero attached hydrogens (tertiary/aromatic N) is 2. The maximum Gasteiger partial charge on any atom is 0.239 e. The maximum atomic E-state index is 11.1. The standard InChI is InChI=1S/C14H25N5O/c1-6-7-16-10-8-11(17-9(2)12(15)20)19-13(18-10)14(3,4)5/h8-9H,6-7H2,1-5H3,(H2,15,20)(H2,16,17,18,19). The molecule has 6 nitrogen and oxygen atoms in total. The minimum Gasteiger partial charge on any atom is -0.370 e. The number of hydrogen-bond acceptors (Lipinski definition) is 5. The average molecular weight is 279 g/mol. The number of carbonyl (C=O) groups is 1. The number of carbonyl (C=O) groups excluding carboxylic acids is 1. The van der Waals surface area contributed by atoms with Crippen molar-refractivity contribution < 1.29 is 4.79 Å². The second-order valence-electron chi connectivity index (χ2n) is 5.91. The molecule has 20 heavy (non-hydrogen) atoms. The molecule has 4 N–H and O–H groups in total. The van der Waals surface area contributed by atoms with Gasteiger partial charge in [-0.25, -0.2) is 9.97 Å². The average Bonchev–Trinajstić information content (AvgIpc) is 2.34. The molecule has 1 unspecified atom stereocenters. The molecule has 0 saturated heterocycles. The Kier molecular flexibility index (Phi) is 5.30. The highest BCUT2D eigenvalue weighted by molar-refractivity contribution is 5.82. The van der Waals surface area contributed by atoms with Crippen molar-refractivity contribution in [2.75, 3.05) is 17.2 Å². The van der Waals surface area contributed by atoms with Crippen LogP contribution in [0.4, 0.5) is 11.6 Å². The first-order valence-electron chi connectivity index (χ1n) is 6.93. The summed E-state index contributed by atoms with van der Waals surface area (Å²) in [5.41, 5.74) is 5.10. The molecular weight excluding hydrogens is 254 g/mol. The lowest BCUT2D eigenvalue weighted by atomic mass is 9.96. The molecule has 1 heterocycles. The summed E-state index contributed by atoms with van der Waals surface area (Å²) in [7, 11) is 0. The van der Waals surface area contributed by atoms with E-state index < -0.39 is 11.9 Å². The van der Waals surface area contributed by atoms with Crippen molar-refractivity contribution in [3.63, 3.8) is 0 Å². The molecular formula is C14H25N5O. The Morgan fingerprint density at radius 1 is 1.35 bits per heavy atom. The van der Waals surface area contributed by atoms with Crippen molar-refractivity contribution in [3.05, 3.63) is 11.9 Å². The number of primary amides is 1. The van der Waals surface area contributed by atoms with Gasteiger partial charge < -0.3 is 16.4 Å². The topological polar surface area (TPSA) is 92.9 Å². The van der Waals surface area contributed by atoms with Crippen molar-refractivity contribution in [1.82, 2.24) is 9.97 Å². The normalized spacial score (nSPS) is 12.8. The van der Waals surface area contributed by atoms with E-state index >= 15 is 0 Å². The molecule has 1 rings (SSSR count). The van der Waals surface area contributed by atoms with E-state index in [0.29, 0.717) is 5.82 Å². The Hall–Kier alpha value is -1.85. The molecule has 0 fully saturated rings. The van der Waals surface area contributed by atoms with Crippen LogP contribution >= 0.6 is 0 Å². The lowest BCUT2D eigenvalue weighted by Crippen LogP contribution is -2.33. The molecule has 1 aromatic heterocycles. The van der Waals surface area contributed by atoms with Gasteiger partial charge in [0.25, 0.3) is 0 Å². The van der Waals surface area contributed by atoms with E-state index in [1.807, 2.05) is 20.8 Å². The molecule has 0 aliphatic rings. The Balaban J connectivity index is 3.06. The monoisotopic (exact) mass is 279 g/mol. The Bertz CT molecular complexity index is 467. The number of amides is 1. The first-order valence-corrected chi connectivity index (χ1v) is 6.93. The minimum atomic E-state index is -0.475. The molecule has 0 saturated carbocycles. The van der Waals surface area contributed by atoms with Crippen LogP contribution in [0, 0.1) is 0 Å². The van der Waals surface area contributed by atoms with Crippen LogP contribution in [0.3, 0.4) is 0 Å². The van der Waals surface area contributed by atoms with Gasteiger partial charge in [-0.1, -0.05) is 27.7 Å². The van der Waals surface area contributed by atoms with E-state index in [9.17, 15) is 4.79 Å². The lowest BCUT2D eigenvalue weighted by Gasteiger charge is -2.20. The van der Waals surface area contributed by atoms with Gasteiger partial charge in [-0.3, -0.25) is 4.79 Å². The van der Waals surface area contributed by atoms with Crippen LogP contribution in [0.1, 0.15) is 46.9 Å². The van der Waals surface area contributed by atoms with E-state index in [1.165, 1.54) is 0 Å². The van der Waals surface area contributed by atoms with Crippen molar-refractivity contribution >= 4 is 17.5 Å². The van der Waals surface area contributed by atoms with Gasteiger partial charge in [0.1, 0.15) is 23.5 Å². The molecule has 0 aliphatic carbocycles. The molecule has 1 aromatic rings. The Morgan fingerprint density at radius 3 is 2.45 bits per heavy atom. The van der Waals surface area contributed by atoms with E-state index in [1.54, 1.807) is 13.0 Å². The van der Waals surface area contributed by atoms with Crippen LogP contribution in [-0.2, 0) is 10.2 Å². The van der Waals surface area contributed by atoms with Crippen LogP contribution in [-0.4, -0.2) is 28.5 Å². The van der Waals surface area contributed by atoms with Gasteiger partial charge >= 0.3 is 0 Å². The van der Waals surface area contributed by atoms with Crippen LogP contribution in [0.5, 0.6) is 0 Å². The van der Waals surface area contributed by atoms with Crippen molar-refractivity contribution in [2.45, 2.75) is 52.5 Å². The predicted molar refractivity (Wildman–Crippen MR) is 81.8 cm³/mol. The van der Waals surface area contributed by atoms with Gasteiger partial charge in [0.15, 0.2) is 0 Å². The maximum absolute atomic E-state index is 11.1. The third kappa shape index (κ3) is 4.68. The van der Waals surface area contributed by atoms with Gasteiger partial charge in [-0.15, -0.1) is 0 Å². The number of anilines is 2. The van der Waals surface area contributed by atoms with Gasteiger partial charge in [0.2, 0.25) is 5.91 Å². The zero-order valence-electron chi connectivity index (χ0n) is 12.9. The zero-order valence-corrected chi connectivity index (χ0v) is 12.9. The summed E-state index contributed by atoms with van der Waals surface area (Å²) in [4.78, 5) is 20.1. The summed E-state index contributed by atoms with van der Waals surface area (Å²) in [5, 5.41) is 6.25. The minimum absolute atomic E-state index is 0.170. The SMILES string of the molecule is CCCNc1cc(NC(C)C(N)=O)nc(C(C)(C)C)n1. The lowest BCUT2D eigenvalue weighted by molar-refractivity contribution is -0.118. The molecule has 0 bridgehead atoms. The van der Waals surface area contributed by atoms with Gasteiger partial charge in [-0.05, 0) is 13.3 Å². The second kappa shape index (κ2) is 6.54. The molecule has 0 aliphatic heterocycles. The van der Waals surface area contributed by atoms with E-state index in [-0.39, 0.29) is 5.41 Å². The summed E-state index contributed by atoms with van der Waals surface area (Å²) in [6.45, 7) is 10.8. The molecule has 112 valence electrons. The van der Waals surface area contributed by atoms with Crippen molar-refractivity contribution in [3.8, 4) is 0 Å². The second-order valence-corrected chi connectivity index (χ2v) is 5.91. The van der Waals surface area contributed by atoms with Crippen molar-refractivity contribution in [1.29, 1.82) is 0 Å². The van der Waals surface area contributed by atoms with Crippen LogP contribution in [0.25, 0.3) is 0 Å². The smallest absolute Gasteiger partial charge is 0.239 e. The van der Waals surface area contributed by atoms with Crippen LogP contribution < -0.4 is 16.4 Å². The van der Waals surface area contributed by atoms with Crippen LogP contribution in [0.15, 0.2) is 6.07 Å². The van der Waals surface area contributed by atoms with Gasteiger partial charge in [0.05, 0.1) is 0 Å². The third-order valence-electron chi connectivity index (χ3n) is 2.74. The number of aromatic nitrogens is 2.